The SMILES string of the molecule is NS(=O)(=O)c1ccc(C(=O)NCCOCCOCCN(CC(=O)[O-])CC(=O)[O-])cc1.[Cu+2]. The summed E-state index contributed by atoms with van der Waals surface area (Å²) in [6.07, 6.45) is 0. The maximum absolute atomic E-state index is 11.9. The van der Waals surface area contributed by atoms with Crippen LogP contribution in [0.3, 0.4) is 0 Å². The average molecular weight is 509 g/mol. The van der Waals surface area contributed by atoms with Crippen molar-refractivity contribution in [1.29, 1.82) is 0 Å². The number of amides is 1. The zero-order valence-electron chi connectivity index (χ0n) is 16.4. The number of nitrogens with zero attached hydrogens (tertiary/aromatic N) is 1. The number of sulfonamides is 1. The predicted molar refractivity (Wildman–Crippen MR) is 98.2 cm³/mol. The van der Waals surface area contributed by atoms with Crippen molar-refractivity contribution in [2.75, 3.05) is 52.6 Å². The molecule has 0 aromatic heterocycles. The molecule has 0 saturated carbocycles. The molecule has 0 aliphatic carbocycles. The van der Waals surface area contributed by atoms with Gasteiger partial charge in [-0.05, 0) is 24.3 Å². The van der Waals surface area contributed by atoms with Crippen molar-refractivity contribution in [3.63, 3.8) is 0 Å². The molecule has 1 aromatic rings. The summed E-state index contributed by atoms with van der Waals surface area (Å²) in [6.45, 7) is -0.117. The van der Waals surface area contributed by atoms with Gasteiger partial charge >= 0.3 is 17.1 Å². The fraction of sp³-hybridized carbons (Fsp3) is 0.471. The van der Waals surface area contributed by atoms with Crippen molar-refractivity contribution in [3.05, 3.63) is 29.8 Å². The van der Waals surface area contributed by atoms with Crippen molar-refractivity contribution in [2.45, 2.75) is 4.90 Å². The maximum Gasteiger partial charge on any atom is 2.00 e. The van der Waals surface area contributed by atoms with Crippen LogP contribution in [0, 0.1) is 0 Å². The number of carboxylic acid groups (broad SMARTS) is 2. The maximum atomic E-state index is 11.9. The summed E-state index contributed by atoms with van der Waals surface area (Å²) in [5, 5.41) is 28.6. The van der Waals surface area contributed by atoms with Crippen LogP contribution in [-0.2, 0) is 46.2 Å². The number of hydrogen-bond acceptors (Lipinski definition) is 10. The molecule has 0 heterocycles. The van der Waals surface area contributed by atoms with Gasteiger partial charge in [-0.3, -0.25) is 9.69 Å². The van der Waals surface area contributed by atoms with E-state index in [-0.39, 0.29) is 67.0 Å². The molecule has 1 amide bonds. The van der Waals surface area contributed by atoms with Crippen LogP contribution < -0.4 is 20.7 Å². The number of nitrogens with two attached hydrogens (primary N) is 1. The van der Waals surface area contributed by atoms with Gasteiger partial charge in [0.1, 0.15) is 0 Å². The quantitative estimate of drug-likeness (QED) is 0.174. The molecule has 0 aliphatic heterocycles. The summed E-state index contributed by atoms with van der Waals surface area (Å²) >= 11 is 0. The first kappa shape index (κ1) is 28.9. The van der Waals surface area contributed by atoms with E-state index in [1.165, 1.54) is 24.3 Å². The van der Waals surface area contributed by atoms with Crippen LogP contribution in [0.1, 0.15) is 10.4 Å². The van der Waals surface area contributed by atoms with Crippen molar-refractivity contribution < 1.29 is 59.6 Å². The molecule has 1 aromatic carbocycles. The Labute approximate surface area is 190 Å². The van der Waals surface area contributed by atoms with Crippen LogP contribution in [-0.4, -0.2) is 83.8 Å². The second-order valence-electron chi connectivity index (χ2n) is 6.00. The Morgan fingerprint density at radius 1 is 0.935 bits per heavy atom. The molecule has 0 aliphatic rings. The second kappa shape index (κ2) is 14.9. The van der Waals surface area contributed by atoms with Crippen LogP contribution in [0.5, 0.6) is 0 Å². The normalized spacial score (nSPS) is 11.0. The van der Waals surface area contributed by atoms with Crippen LogP contribution in [0.2, 0.25) is 0 Å². The van der Waals surface area contributed by atoms with E-state index >= 15 is 0 Å². The number of carbonyl (C=O) groups excluding carboxylic acids is 3. The molecule has 0 unspecified atom stereocenters. The van der Waals surface area contributed by atoms with Gasteiger partial charge in [-0.25, -0.2) is 13.6 Å². The first-order chi connectivity index (χ1) is 14.1. The molecule has 0 spiro atoms. The Morgan fingerprint density at radius 3 is 1.94 bits per heavy atom. The molecule has 0 fully saturated rings. The summed E-state index contributed by atoms with van der Waals surface area (Å²) in [5.74, 6) is -3.21. The van der Waals surface area contributed by atoms with E-state index in [2.05, 4.69) is 5.32 Å². The van der Waals surface area contributed by atoms with E-state index in [0.717, 1.165) is 4.90 Å². The Hall–Kier alpha value is -2.06. The smallest absolute Gasteiger partial charge is 0.549 e. The zero-order valence-corrected chi connectivity index (χ0v) is 18.1. The minimum absolute atomic E-state index is 0. The zero-order chi connectivity index (χ0) is 22.6. The van der Waals surface area contributed by atoms with Crippen molar-refractivity contribution in [3.8, 4) is 0 Å². The van der Waals surface area contributed by atoms with E-state index < -0.39 is 41.0 Å². The van der Waals surface area contributed by atoms with Gasteiger partial charge in [0, 0.05) is 31.7 Å². The minimum Gasteiger partial charge on any atom is -0.549 e. The van der Waals surface area contributed by atoms with Crippen LogP contribution in [0.25, 0.3) is 0 Å². The van der Waals surface area contributed by atoms with Gasteiger partial charge in [0.2, 0.25) is 10.0 Å². The molecule has 177 valence electrons. The third-order valence-corrected chi connectivity index (χ3v) is 4.54. The third kappa shape index (κ3) is 13.1. The molecular weight excluding hydrogens is 486 g/mol. The Bertz CT molecular complexity index is 803. The summed E-state index contributed by atoms with van der Waals surface area (Å²) in [6, 6.07) is 5.15. The van der Waals surface area contributed by atoms with Gasteiger partial charge in [-0.1, -0.05) is 0 Å². The fourth-order valence-corrected chi connectivity index (χ4v) is 2.75. The van der Waals surface area contributed by atoms with Crippen LogP contribution in [0.4, 0.5) is 0 Å². The summed E-state index contributed by atoms with van der Waals surface area (Å²) in [4.78, 5) is 34.0. The second-order valence-corrected chi connectivity index (χ2v) is 7.57. The molecule has 0 saturated heterocycles. The van der Waals surface area contributed by atoms with Crippen molar-refractivity contribution in [1.82, 2.24) is 10.2 Å². The molecule has 12 nitrogen and oxygen atoms in total. The summed E-state index contributed by atoms with van der Waals surface area (Å²) in [7, 11) is -3.82. The fourth-order valence-electron chi connectivity index (χ4n) is 2.23. The van der Waals surface area contributed by atoms with Gasteiger partial charge in [0.05, 0.1) is 43.3 Å². The number of aliphatic carboxylic acids is 2. The van der Waals surface area contributed by atoms with E-state index in [4.69, 9.17) is 14.6 Å². The number of carbonyl (C=O) groups is 3. The Morgan fingerprint density at radius 2 is 1.45 bits per heavy atom. The average Bonchev–Trinajstić information content (AvgIpc) is 2.64. The summed E-state index contributed by atoms with van der Waals surface area (Å²) < 4.78 is 32.8. The Balaban J connectivity index is 0.00000900. The first-order valence-electron chi connectivity index (χ1n) is 8.78. The number of nitrogens with one attached hydrogen (secondary N) is 1. The molecule has 0 bridgehead atoms. The first-order valence-corrected chi connectivity index (χ1v) is 10.3. The number of rotatable bonds is 15. The monoisotopic (exact) mass is 508 g/mol. The van der Waals surface area contributed by atoms with E-state index in [1.807, 2.05) is 0 Å². The molecule has 0 atom stereocenters. The third-order valence-electron chi connectivity index (χ3n) is 3.61. The minimum atomic E-state index is -3.82. The largest absolute Gasteiger partial charge is 2.00 e. The molecule has 14 heteroatoms. The molecule has 3 N–H and O–H groups in total. The van der Waals surface area contributed by atoms with Gasteiger partial charge in [0.25, 0.3) is 5.91 Å². The topological polar surface area (TPSA) is 191 Å². The van der Waals surface area contributed by atoms with E-state index in [0.29, 0.717) is 0 Å². The number of carboxylic acids is 2. The van der Waals surface area contributed by atoms with E-state index in [1.54, 1.807) is 0 Å². The van der Waals surface area contributed by atoms with Gasteiger partial charge < -0.3 is 34.6 Å². The number of benzene rings is 1. The molecule has 31 heavy (non-hydrogen) atoms. The molecular formula is C17H23CuN3O9S. The van der Waals surface area contributed by atoms with Crippen LogP contribution in [0.15, 0.2) is 29.2 Å². The van der Waals surface area contributed by atoms with E-state index in [9.17, 15) is 33.0 Å². The van der Waals surface area contributed by atoms with Crippen molar-refractivity contribution >= 4 is 27.9 Å². The van der Waals surface area contributed by atoms with Gasteiger partial charge in [-0.15, -0.1) is 0 Å². The van der Waals surface area contributed by atoms with Gasteiger partial charge in [0.15, 0.2) is 0 Å². The molecule has 1 rings (SSSR count). The van der Waals surface area contributed by atoms with Crippen LogP contribution >= 0.6 is 0 Å². The number of primary sulfonamides is 1. The number of ether oxygens (including phenoxy) is 2. The Kier molecular flexibility index (Phi) is 13.9. The van der Waals surface area contributed by atoms with Gasteiger partial charge in [-0.2, -0.15) is 0 Å². The number of hydrogen-bond donors (Lipinski definition) is 2. The predicted octanol–water partition coefficient (Wildman–Crippen LogP) is -4.10. The standard InChI is InChI=1S/C17H25N3O9S.Cu/c18-30(26,27)14-3-1-13(2-4-14)17(25)19-5-7-28-9-10-29-8-6-20(11-15(21)22)12-16(23)24;/h1-4H,5-12H2,(H,19,25)(H,21,22)(H,23,24)(H2,18,26,27);/q;+2/p-2. The molecule has 1 radical (unpaired) electrons. The van der Waals surface area contributed by atoms with Crippen molar-refractivity contribution in [2.24, 2.45) is 5.14 Å². The summed E-state index contributed by atoms with van der Waals surface area (Å²) in [5.41, 5.74) is 0.267.